The Kier molecular flexibility index (Phi) is 3.78. The molecule has 0 aromatic heterocycles. The van der Waals surface area contributed by atoms with Gasteiger partial charge < -0.3 is 10.1 Å². The number of rotatable bonds is 5. The molecule has 1 rings (SSSR count). The smallest absolute Gasteiger partial charge is 0.119 e. The number of para-hydroxylation sites is 1. The average molecular weight is 163 g/mol. The first-order valence-corrected chi connectivity index (χ1v) is 3.95. The van der Waals surface area contributed by atoms with Crippen molar-refractivity contribution < 1.29 is 4.74 Å². The summed E-state index contributed by atoms with van der Waals surface area (Å²) < 4.78 is 5.40. The van der Waals surface area contributed by atoms with Gasteiger partial charge in [-0.3, -0.25) is 0 Å². The predicted molar refractivity (Wildman–Crippen MR) is 50.1 cm³/mol. The Morgan fingerprint density at radius 2 is 2.08 bits per heavy atom. The molecule has 0 fully saturated rings. The highest BCUT2D eigenvalue weighted by Crippen LogP contribution is 2.07. The largest absolute Gasteiger partial charge is 0.492 e. The van der Waals surface area contributed by atoms with Crippen LogP contribution in [0.4, 0.5) is 0 Å². The number of ether oxygens (including phenoxy) is 1. The summed E-state index contributed by atoms with van der Waals surface area (Å²) in [6, 6.07) is 9.75. The Morgan fingerprint density at radius 1 is 1.33 bits per heavy atom. The number of hydrogen-bond acceptors (Lipinski definition) is 2. The summed E-state index contributed by atoms with van der Waals surface area (Å²) in [6.07, 6.45) is 1.66. The molecule has 0 spiro atoms. The number of hydrogen-bond donors (Lipinski definition) is 1. The Labute approximate surface area is 72.9 Å². The molecule has 0 aliphatic heterocycles. The summed E-state index contributed by atoms with van der Waals surface area (Å²) in [4.78, 5) is 0. The lowest BCUT2D eigenvalue weighted by Gasteiger charge is -2.04. The molecule has 0 aliphatic carbocycles. The Hall–Kier alpha value is -1.44. The number of nitrogens with one attached hydrogen (secondary N) is 1. The maximum Gasteiger partial charge on any atom is 0.119 e. The van der Waals surface area contributed by atoms with Crippen molar-refractivity contribution in [1.29, 1.82) is 0 Å². The second-order valence-corrected chi connectivity index (χ2v) is 2.32. The van der Waals surface area contributed by atoms with Gasteiger partial charge in [-0.2, -0.15) is 0 Å². The van der Waals surface area contributed by atoms with E-state index in [9.17, 15) is 0 Å². The van der Waals surface area contributed by atoms with Crippen LogP contribution in [0.2, 0.25) is 0 Å². The van der Waals surface area contributed by atoms with Crippen molar-refractivity contribution in [3.8, 4) is 5.75 Å². The molecule has 0 aliphatic rings. The normalized spacial score (nSPS) is 9.00. The SMILES string of the molecule is C=CNCCOc1ccccc1. The second kappa shape index (κ2) is 5.24. The minimum Gasteiger partial charge on any atom is -0.492 e. The first-order valence-electron chi connectivity index (χ1n) is 3.95. The van der Waals surface area contributed by atoms with E-state index < -0.39 is 0 Å². The van der Waals surface area contributed by atoms with Crippen LogP contribution in [0.15, 0.2) is 43.1 Å². The van der Waals surface area contributed by atoms with Crippen LogP contribution in [-0.4, -0.2) is 13.2 Å². The first kappa shape index (κ1) is 8.65. The van der Waals surface area contributed by atoms with E-state index in [2.05, 4.69) is 11.9 Å². The van der Waals surface area contributed by atoms with Crippen LogP contribution in [-0.2, 0) is 0 Å². The lowest BCUT2D eigenvalue weighted by Crippen LogP contribution is -2.14. The van der Waals surface area contributed by atoms with E-state index in [-0.39, 0.29) is 0 Å². The Bertz CT molecular complexity index is 221. The quantitative estimate of drug-likeness (QED) is 0.668. The van der Waals surface area contributed by atoms with Gasteiger partial charge >= 0.3 is 0 Å². The van der Waals surface area contributed by atoms with E-state index in [0.717, 1.165) is 12.3 Å². The van der Waals surface area contributed by atoms with Crippen LogP contribution in [0.3, 0.4) is 0 Å². The maximum atomic E-state index is 5.40. The third kappa shape index (κ3) is 3.10. The fourth-order valence-electron chi connectivity index (χ4n) is 0.847. The van der Waals surface area contributed by atoms with Crippen molar-refractivity contribution in [1.82, 2.24) is 5.32 Å². The summed E-state index contributed by atoms with van der Waals surface area (Å²) in [5.74, 6) is 0.906. The van der Waals surface area contributed by atoms with Gasteiger partial charge in [-0.25, -0.2) is 0 Å². The van der Waals surface area contributed by atoms with Gasteiger partial charge in [0.25, 0.3) is 0 Å². The Morgan fingerprint density at radius 3 is 2.75 bits per heavy atom. The van der Waals surface area contributed by atoms with E-state index in [0.29, 0.717) is 6.61 Å². The fraction of sp³-hybridized carbons (Fsp3) is 0.200. The topological polar surface area (TPSA) is 21.3 Å². The molecule has 0 heterocycles. The monoisotopic (exact) mass is 163 g/mol. The van der Waals surface area contributed by atoms with Gasteiger partial charge in [-0.05, 0) is 18.3 Å². The molecule has 2 heteroatoms. The van der Waals surface area contributed by atoms with E-state index in [4.69, 9.17) is 4.74 Å². The molecule has 0 saturated heterocycles. The minimum absolute atomic E-state index is 0.663. The summed E-state index contributed by atoms with van der Waals surface area (Å²) in [5.41, 5.74) is 0. The van der Waals surface area contributed by atoms with Gasteiger partial charge in [0.05, 0.1) is 0 Å². The van der Waals surface area contributed by atoms with Crippen LogP contribution in [0.25, 0.3) is 0 Å². The van der Waals surface area contributed by atoms with Crippen molar-refractivity contribution >= 4 is 0 Å². The highest BCUT2D eigenvalue weighted by atomic mass is 16.5. The lowest BCUT2D eigenvalue weighted by atomic mass is 10.3. The summed E-state index contributed by atoms with van der Waals surface area (Å²) in [5, 5.41) is 2.96. The number of benzene rings is 1. The van der Waals surface area contributed by atoms with Gasteiger partial charge in [0, 0.05) is 6.54 Å². The van der Waals surface area contributed by atoms with Gasteiger partial charge in [0.2, 0.25) is 0 Å². The van der Waals surface area contributed by atoms with Gasteiger partial charge in [-0.1, -0.05) is 24.8 Å². The van der Waals surface area contributed by atoms with Crippen molar-refractivity contribution in [3.63, 3.8) is 0 Å². The molecule has 0 saturated carbocycles. The van der Waals surface area contributed by atoms with Crippen LogP contribution in [0, 0.1) is 0 Å². The van der Waals surface area contributed by atoms with E-state index in [1.54, 1.807) is 6.20 Å². The second-order valence-electron chi connectivity index (χ2n) is 2.32. The van der Waals surface area contributed by atoms with Gasteiger partial charge in [0.15, 0.2) is 0 Å². The molecule has 12 heavy (non-hydrogen) atoms. The molecule has 0 radical (unpaired) electrons. The highest BCUT2D eigenvalue weighted by molar-refractivity contribution is 5.20. The maximum absolute atomic E-state index is 5.40. The van der Waals surface area contributed by atoms with Crippen LogP contribution in [0.1, 0.15) is 0 Å². The zero-order valence-corrected chi connectivity index (χ0v) is 6.99. The summed E-state index contributed by atoms with van der Waals surface area (Å²) in [7, 11) is 0. The first-order chi connectivity index (χ1) is 5.93. The highest BCUT2D eigenvalue weighted by Gasteiger charge is 1.88. The zero-order chi connectivity index (χ0) is 8.65. The van der Waals surface area contributed by atoms with Crippen LogP contribution >= 0.6 is 0 Å². The van der Waals surface area contributed by atoms with Crippen molar-refractivity contribution in [3.05, 3.63) is 43.1 Å². The molecular weight excluding hydrogens is 150 g/mol. The minimum atomic E-state index is 0.663. The fourth-order valence-corrected chi connectivity index (χ4v) is 0.847. The molecule has 64 valence electrons. The molecule has 1 aromatic carbocycles. The standard InChI is InChI=1S/C10H13NO/c1-2-11-8-9-12-10-6-4-3-5-7-10/h2-7,11H,1,8-9H2. The zero-order valence-electron chi connectivity index (χ0n) is 6.99. The third-order valence-corrected chi connectivity index (χ3v) is 1.40. The van der Waals surface area contributed by atoms with Crippen molar-refractivity contribution in [2.45, 2.75) is 0 Å². The van der Waals surface area contributed by atoms with E-state index >= 15 is 0 Å². The lowest BCUT2D eigenvalue weighted by molar-refractivity contribution is 0.320. The third-order valence-electron chi connectivity index (χ3n) is 1.40. The summed E-state index contributed by atoms with van der Waals surface area (Å²) >= 11 is 0. The van der Waals surface area contributed by atoms with Crippen LogP contribution in [0.5, 0.6) is 5.75 Å². The average Bonchev–Trinajstić information content (AvgIpc) is 2.14. The molecule has 0 bridgehead atoms. The predicted octanol–water partition coefficient (Wildman–Crippen LogP) is 1.80. The summed E-state index contributed by atoms with van der Waals surface area (Å²) in [6.45, 7) is 4.99. The van der Waals surface area contributed by atoms with Crippen LogP contribution < -0.4 is 10.1 Å². The van der Waals surface area contributed by atoms with E-state index in [1.807, 2.05) is 30.3 Å². The molecule has 0 atom stereocenters. The van der Waals surface area contributed by atoms with E-state index in [1.165, 1.54) is 0 Å². The Balaban J connectivity index is 2.20. The molecule has 1 aromatic rings. The molecular formula is C10H13NO. The molecule has 0 amide bonds. The van der Waals surface area contributed by atoms with Crippen molar-refractivity contribution in [2.24, 2.45) is 0 Å². The van der Waals surface area contributed by atoms with Gasteiger partial charge in [-0.15, -0.1) is 0 Å². The molecule has 0 unspecified atom stereocenters. The van der Waals surface area contributed by atoms with Gasteiger partial charge in [0.1, 0.15) is 12.4 Å². The van der Waals surface area contributed by atoms with Crippen molar-refractivity contribution in [2.75, 3.05) is 13.2 Å². The molecule has 2 nitrogen and oxygen atoms in total. The molecule has 1 N–H and O–H groups in total.